The number of nitrogens with zero attached hydrogens (tertiary/aromatic N) is 3. The third-order valence-electron chi connectivity index (χ3n) is 9.24. The number of fused-ring (bicyclic) bond motifs is 3. The minimum atomic E-state index is -0.394. The Morgan fingerprint density at radius 1 is 0.786 bits per heavy atom. The number of ether oxygens (including phenoxy) is 3. The molecule has 3 aromatic carbocycles. The lowest BCUT2D eigenvalue weighted by atomic mass is 9.77. The number of rotatable bonds is 7. The average molecular weight is 568 g/mol. The summed E-state index contributed by atoms with van der Waals surface area (Å²) in [6.45, 7) is 8.17. The summed E-state index contributed by atoms with van der Waals surface area (Å²) >= 11 is 0. The number of carbonyl (C=O) groups is 1. The lowest BCUT2D eigenvalue weighted by molar-refractivity contribution is 0.0814. The molecule has 2 fully saturated rings. The number of urea groups is 1. The maximum atomic E-state index is 14.5. The van der Waals surface area contributed by atoms with E-state index in [1.165, 1.54) is 5.56 Å². The fourth-order valence-corrected chi connectivity index (χ4v) is 7.17. The Morgan fingerprint density at radius 3 is 2.19 bits per heavy atom. The Bertz CT molecular complexity index is 1490. The Balaban J connectivity index is 1.38. The molecular formula is C35H41N3O4. The topological polar surface area (TPSA) is 54.5 Å². The molecule has 3 heterocycles. The van der Waals surface area contributed by atoms with Crippen molar-refractivity contribution in [2.45, 2.75) is 57.3 Å². The van der Waals surface area contributed by atoms with Crippen molar-refractivity contribution in [3.8, 4) is 17.2 Å². The number of amides is 2. The molecule has 2 saturated heterocycles. The van der Waals surface area contributed by atoms with Crippen LogP contribution in [0.2, 0.25) is 0 Å². The molecule has 0 aromatic heterocycles. The zero-order valence-corrected chi connectivity index (χ0v) is 25.4. The highest BCUT2D eigenvalue weighted by atomic mass is 16.5. The summed E-state index contributed by atoms with van der Waals surface area (Å²) < 4.78 is 17.0. The molecule has 6 rings (SSSR count). The predicted molar refractivity (Wildman–Crippen MR) is 164 cm³/mol. The number of benzene rings is 3. The van der Waals surface area contributed by atoms with Crippen LogP contribution in [0.1, 0.15) is 48.9 Å². The van der Waals surface area contributed by atoms with Crippen molar-refractivity contribution in [2.75, 3.05) is 34.4 Å². The van der Waals surface area contributed by atoms with Crippen LogP contribution < -0.4 is 14.2 Å². The van der Waals surface area contributed by atoms with E-state index in [9.17, 15) is 4.79 Å². The number of piperidine rings is 1. The highest BCUT2D eigenvalue weighted by Crippen LogP contribution is 2.51. The van der Waals surface area contributed by atoms with Gasteiger partial charge in [-0.2, -0.15) is 0 Å². The quantitative estimate of drug-likeness (QED) is 0.333. The summed E-state index contributed by atoms with van der Waals surface area (Å²) in [5, 5.41) is 0. The van der Waals surface area contributed by atoms with Crippen molar-refractivity contribution in [1.82, 2.24) is 14.7 Å². The number of carbonyl (C=O) groups excluding carboxylic acids is 1. The van der Waals surface area contributed by atoms with E-state index in [1.807, 2.05) is 29.2 Å². The Labute approximate surface area is 249 Å². The van der Waals surface area contributed by atoms with Crippen LogP contribution in [0, 0.1) is 0 Å². The molecule has 0 bridgehead atoms. The van der Waals surface area contributed by atoms with Crippen LogP contribution in [0.15, 0.2) is 78.5 Å². The number of likely N-dealkylation sites (tertiary alicyclic amines) is 1. The highest BCUT2D eigenvalue weighted by molar-refractivity contribution is 5.83. The van der Waals surface area contributed by atoms with Gasteiger partial charge >= 0.3 is 6.03 Å². The summed E-state index contributed by atoms with van der Waals surface area (Å²) in [5.41, 5.74) is 4.92. The van der Waals surface area contributed by atoms with Crippen molar-refractivity contribution in [1.29, 1.82) is 0 Å². The first-order valence-corrected chi connectivity index (χ1v) is 14.7. The lowest BCUT2D eigenvalue weighted by Gasteiger charge is -2.45. The van der Waals surface area contributed by atoms with Gasteiger partial charge in [-0.25, -0.2) is 4.79 Å². The first kappa shape index (κ1) is 28.2. The maximum Gasteiger partial charge on any atom is 0.325 e. The molecule has 0 atom stereocenters. The molecule has 7 nitrogen and oxygen atoms in total. The van der Waals surface area contributed by atoms with Crippen molar-refractivity contribution in [3.05, 3.63) is 101 Å². The van der Waals surface area contributed by atoms with Gasteiger partial charge in [-0.15, -0.1) is 0 Å². The van der Waals surface area contributed by atoms with Crippen LogP contribution in [-0.4, -0.2) is 60.7 Å². The van der Waals surface area contributed by atoms with Gasteiger partial charge in [-0.3, -0.25) is 9.80 Å². The van der Waals surface area contributed by atoms with Gasteiger partial charge in [0.2, 0.25) is 0 Å². The zero-order valence-electron chi connectivity index (χ0n) is 25.4. The van der Waals surface area contributed by atoms with Gasteiger partial charge in [0.1, 0.15) is 17.2 Å². The molecule has 1 spiro atoms. The monoisotopic (exact) mass is 567 g/mol. The van der Waals surface area contributed by atoms with Gasteiger partial charge in [-0.05, 0) is 47.7 Å². The van der Waals surface area contributed by atoms with Crippen LogP contribution in [0.4, 0.5) is 4.79 Å². The molecule has 0 aliphatic carbocycles. The summed E-state index contributed by atoms with van der Waals surface area (Å²) in [5.74, 6) is 2.41. The molecule has 0 unspecified atom stereocenters. The molecule has 0 saturated carbocycles. The molecule has 0 N–H and O–H groups in total. The van der Waals surface area contributed by atoms with E-state index in [4.69, 9.17) is 14.2 Å². The fraction of sp³-hybridized carbons (Fsp3) is 0.400. The van der Waals surface area contributed by atoms with E-state index in [-0.39, 0.29) is 11.4 Å². The van der Waals surface area contributed by atoms with Gasteiger partial charge in [-0.1, -0.05) is 62.4 Å². The molecule has 2 amide bonds. The SMILES string of the molecule is COc1cccc(CN2CCC3(CC2)C2=CC(C)(C)c4c(cc(OC)cc4OC)CN2C(=O)N3Cc2ccccc2)c1. The minimum Gasteiger partial charge on any atom is -0.497 e. The number of methoxy groups -OCH3 is 3. The Hall–Kier alpha value is -3.97. The predicted octanol–water partition coefficient (Wildman–Crippen LogP) is 6.36. The molecule has 7 heteroatoms. The smallest absolute Gasteiger partial charge is 0.325 e. The first-order valence-electron chi connectivity index (χ1n) is 14.7. The third kappa shape index (κ3) is 4.90. The Morgan fingerprint density at radius 2 is 1.50 bits per heavy atom. The summed E-state index contributed by atoms with van der Waals surface area (Å²) in [7, 11) is 5.08. The number of hydrogen-bond donors (Lipinski definition) is 0. The van der Waals surface area contributed by atoms with E-state index in [0.29, 0.717) is 13.1 Å². The Kier molecular flexibility index (Phi) is 7.39. The van der Waals surface area contributed by atoms with Gasteiger partial charge in [0.25, 0.3) is 0 Å². The third-order valence-corrected chi connectivity index (χ3v) is 9.24. The molecule has 3 aliphatic heterocycles. The molecule has 220 valence electrons. The second-order valence-corrected chi connectivity index (χ2v) is 12.2. The van der Waals surface area contributed by atoms with Crippen LogP contribution >= 0.6 is 0 Å². The molecule has 42 heavy (non-hydrogen) atoms. The van der Waals surface area contributed by atoms with E-state index >= 15 is 0 Å². The molecular weight excluding hydrogens is 526 g/mol. The van der Waals surface area contributed by atoms with Gasteiger partial charge in [0, 0.05) is 48.9 Å². The largest absolute Gasteiger partial charge is 0.497 e. The molecule has 0 radical (unpaired) electrons. The van der Waals surface area contributed by atoms with Crippen LogP contribution in [0.5, 0.6) is 17.2 Å². The van der Waals surface area contributed by atoms with E-state index < -0.39 is 5.54 Å². The highest BCUT2D eigenvalue weighted by Gasteiger charge is 2.56. The second kappa shape index (κ2) is 11.0. The summed E-state index contributed by atoms with van der Waals surface area (Å²) in [6, 6.07) is 22.7. The van der Waals surface area contributed by atoms with Crippen molar-refractivity contribution >= 4 is 6.03 Å². The van der Waals surface area contributed by atoms with Crippen molar-refractivity contribution < 1.29 is 19.0 Å². The van der Waals surface area contributed by atoms with Gasteiger partial charge < -0.3 is 19.1 Å². The van der Waals surface area contributed by atoms with Crippen molar-refractivity contribution in [2.24, 2.45) is 0 Å². The van der Waals surface area contributed by atoms with Crippen LogP contribution in [-0.2, 0) is 25.0 Å². The van der Waals surface area contributed by atoms with E-state index in [2.05, 4.69) is 72.2 Å². The number of allylic oxidation sites excluding steroid dienone is 1. The summed E-state index contributed by atoms with van der Waals surface area (Å²) in [4.78, 5) is 21.1. The zero-order chi connectivity index (χ0) is 29.5. The van der Waals surface area contributed by atoms with E-state index in [0.717, 1.165) is 72.1 Å². The normalized spacial score (nSPS) is 19.2. The van der Waals surface area contributed by atoms with E-state index in [1.54, 1.807) is 21.3 Å². The second-order valence-electron chi connectivity index (χ2n) is 12.2. The maximum absolute atomic E-state index is 14.5. The molecule has 3 aliphatic rings. The average Bonchev–Trinajstić information content (AvgIpc) is 3.11. The van der Waals surface area contributed by atoms with Crippen LogP contribution in [0.25, 0.3) is 0 Å². The van der Waals surface area contributed by atoms with Gasteiger partial charge in [0.05, 0.1) is 33.4 Å². The summed E-state index contributed by atoms with van der Waals surface area (Å²) in [6.07, 6.45) is 4.07. The molecule has 3 aromatic rings. The first-order chi connectivity index (χ1) is 20.3. The number of hydrogen-bond acceptors (Lipinski definition) is 5. The standard InChI is InChI=1S/C35H41N3O4/c1-34(2)21-31-35(14-16-36(17-15-35)22-26-12-9-13-28(18-26)40-3)38(23-25-10-7-6-8-11-25)33(39)37(31)24-27-19-29(41-4)20-30(42-5)32(27)34/h6-13,18-21H,14-17,22-24H2,1-5H3. The van der Waals surface area contributed by atoms with Crippen molar-refractivity contribution in [3.63, 3.8) is 0 Å². The minimum absolute atomic E-state index is 0.0665. The lowest BCUT2D eigenvalue weighted by Crippen LogP contribution is -2.53. The van der Waals surface area contributed by atoms with Gasteiger partial charge in [0.15, 0.2) is 0 Å². The fourth-order valence-electron chi connectivity index (χ4n) is 7.17. The van der Waals surface area contributed by atoms with Crippen LogP contribution in [0.3, 0.4) is 0 Å².